The van der Waals surface area contributed by atoms with Crippen LogP contribution in [0.3, 0.4) is 0 Å². The second-order valence-corrected chi connectivity index (χ2v) is 6.99. The van der Waals surface area contributed by atoms with Gasteiger partial charge in [-0.05, 0) is 0 Å². The van der Waals surface area contributed by atoms with Crippen LogP contribution in [-0.4, -0.2) is 33.7 Å². The number of nitrogens with zero attached hydrogens (tertiary/aromatic N) is 3. The molecule has 3 nitrogen and oxygen atoms in total. The van der Waals surface area contributed by atoms with E-state index in [-0.39, 0.29) is 12.4 Å². The number of rotatable bonds is 1. The van der Waals surface area contributed by atoms with Gasteiger partial charge in [-0.3, -0.25) is 0 Å². The molecule has 0 amide bonds. The predicted octanol–water partition coefficient (Wildman–Crippen LogP) is -2.59. The van der Waals surface area contributed by atoms with Crippen LogP contribution in [0.2, 0.25) is 0 Å². The van der Waals surface area contributed by atoms with Gasteiger partial charge in [-0.25, -0.2) is 0 Å². The minimum atomic E-state index is 0. The Labute approximate surface area is 98.3 Å². The Balaban J connectivity index is 0.000000980. The zero-order chi connectivity index (χ0) is 9.10. The molecule has 0 aliphatic rings. The van der Waals surface area contributed by atoms with E-state index in [0.29, 0.717) is 31.3 Å². The van der Waals surface area contributed by atoms with Crippen LogP contribution in [0.4, 0.5) is 0 Å². The summed E-state index contributed by atoms with van der Waals surface area (Å²) in [5, 5.41) is 8.60. The van der Waals surface area contributed by atoms with E-state index in [4.69, 9.17) is 5.26 Å². The number of benzene rings is 1. The van der Waals surface area contributed by atoms with Gasteiger partial charge in [0, 0.05) is 0 Å². The van der Waals surface area contributed by atoms with Crippen LogP contribution in [0.5, 0.6) is 0 Å². The van der Waals surface area contributed by atoms with Crippen molar-refractivity contribution in [1.29, 1.82) is 5.26 Å². The van der Waals surface area contributed by atoms with Gasteiger partial charge in [-0.1, -0.05) is 0 Å². The van der Waals surface area contributed by atoms with Gasteiger partial charge in [0.2, 0.25) is 0 Å². The molecule has 0 aliphatic carbocycles. The van der Waals surface area contributed by atoms with Gasteiger partial charge in [0.15, 0.2) is 0 Å². The van der Waals surface area contributed by atoms with Crippen LogP contribution >= 0.6 is 0 Å². The summed E-state index contributed by atoms with van der Waals surface area (Å²) in [4.78, 5) is 0. The summed E-state index contributed by atoms with van der Waals surface area (Å²) in [6, 6.07) is 9.48. The summed E-state index contributed by atoms with van der Waals surface area (Å²) in [7, 11) is 0. The molecule has 6 heteroatoms. The maximum Gasteiger partial charge on any atom is -1.00 e. The summed E-state index contributed by atoms with van der Waals surface area (Å²) in [6.45, 7) is 0. The van der Waals surface area contributed by atoms with Crippen molar-refractivity contribution in [3.63, 3.8) is 0 Å². The molecule has 1 aromatic heterocycles. The van der Waals surface area contributed by atoms with E-state index in [1.54, 1.807) is 12.1 Å². The van der Waals surface area contributed by atoms with Crippen molar-refractivity contribution < 1.29 is 12.4 Å². The molecular weight excluding hydrogens is 331 g/mol. The molecule has 0 saturated heterocycles. The topological polar surface area (TPSA) is 49.6 Å². The normalized spacial score (nSPS) is 8.79. The first-order valence-corrected chi connectivity index (χ1v) is 9.39. The molecule has 2 aromatic rings. The van der Waals surface area contributed by atoms with Crippen LogP contribution in [-0.2, 0) is 0 Å². The molecular formula is C8H4ClN3Se2. The molecule has 0 fully saturated rings. The maximum absolute atomic E-state index is 8.60. The van der Waals surface area contributed by atoms with Crippen molar-refractivity contribution >= 4 is 25.7 Å². The first kappa shape index (κ1) is 11.6. The molecule has 0 bridgehead atoms. The van der Waals surface area contributed by atoms with Crippen molar-refractivity contribution in [2.75, 3.05) is 0 Å². The summed E-state index contributed by atoms with van der Waals surface area (Å²) < 4.78 is 8.64. The van der Waals surface area contributed by atoms with Gasteiger partial charge in [0.1, 0.15) is 0 Å². The van der Waals surface area contributed by atoms with Crippen LogP contribution in [0.25, 0.3) is 11.4 Å². The molecule has 2 rings (SSSR count). The largest absolute Gasteiger partial charge is 1.00 e. The van der Waals surface area contributed by atoms with E-state index in [1.165, 1.54) is 0 Å². The van der Waals surface area contributed by atoms with E-state index < -0.39 is 0 Å². The first-order chi connectivity index (χ1) is 6.40. The molecule has 0 radical (unpaired) electrons. The average Bonchev–Trinajstić information content (AvgIpc) is 2.71. The molecule has 0 atom stereocenters. The van der Waals surface area contributed by atoms with Gasteiger partial charge in [-0.2, -0.15) is 0 Å². The molecule has 14 heavy (non-hydrogen) atoms. The predicted molar refractivity (Wildman–Crippen MR) is 50.5 cm³/mol. The van der Waals surface area contributed by atoms with Gasteiger partial charge >= 0.3 is 86.2 Å². The number of aromatic nitrogens is 2. The second-order valence-electron chi connectivity index (χ2n) is 2.34. The number of hydrogen-bond acceptors (Lipinski definition) is 3. The Morgan fingerprint density at radius 3 is 2.50 bits per heavy atom. The van der Waals surface area contributed by atoms with E-state index in [1.807, 2.05) is 12.1 Å². The van der Waals surface area contributed by atoms with Crippen molar-refractivity contribution in [3.05, 3.63) is 29.8 Å². The van der Waals surface area contributed by atoms with E-state index in [0.717, 1.165) is 11.4 Å². The van der Waals surface area contributed by atoms with E-state index in [9.17, 15) is 0 Å². The molecule has 0 spiro atoms. The van der Waals surface area contributed by atoms with Crippen molar-refractivity contribution in [2.45, 2.75) is 0 Å². The fourth-order valence-electron chi connectivity index (χ4n) is 0.920. The Morgan fingerprint density at radius 2 is 2.00 bits per heavy atom. The SMILES string of the molecule is N#Cc1ccc(-c2n[se][se+]n2)cc1.[Cl-]. The number of halogens is 1. The molecule has 0 saturated carbocycles. The summed E-state index contributed by atoms with van der Waals surface area (Å²) in [6.07, 6.45) is 0. The van der Waals surface area contributed by atoms with Crippen LogP contribution < -0.4 is 12.4 Å². The molecule has 70 valence electrons. The Hall–Kier alpha value is -0.491. The Kier molecular flexibility index (Phi) is 4.47. The number of nitriles is 1. The Bertz CT molecular complexity index is 433. The summed E-state index contributed by atoms with van der Waals surface area (Å²) >= 11 is 0.715. The van der Waals surface area contributed by atoms with E-state index in [2.05, 4.69) is 14.0 Å². The quantitative estimate of drug-likeness (QED) is 0.538. The van der Waals surface area contributed by atoms with Crippen molar-refractivity contribution in [3.8, 4) is 17.5 Å². The minimum absolute atomic E-state index is 0. The summed E-state index contributed by atoms with van der Waals surface area (Å²) in [5.41, 5.74) is 1.71. The van der Waals surface area contributed by atoms with E-state index >= 15 is 0 Å². The fraction of sp³-hybridized carbons (Fsp3) is 0. The monoisotopic (exact) mass is 337 g/mol. The third-order valence-electron chi connectivity index (χ3n) is 1.55. The van der Waals surface area contributed by atoms with Gasteiger partial charge in [0.25, 0.3) is 0 Å². The van der Waals surface area contributed by atoms with Crippen molar-refractivity contribution in [2.24, 2.45) is 0 Å². The van der Waals surface area contributed by atoms with Crippen LogP contribution in [0, 0.1) is 11.3 Å². The smallest absolute Gasteiger partial charge is 1.00 e. The third-order valence-corrected chi connectivity index (χ3v) is 5.08. The Morgan fingerprint density at radius 1 is 1.29 bits per heavy atom. The van der Waals surface area contributed by atoms with Crippen LogP contribution in [0.1, 0.15) is 5.56 Å². The average molecular weight is 336 g/mol. The molecule has 0 aliphatic heterocycles. The van der Waals surface area contributed by atoms with Gasteiger partial charge in [-0.15, -0.1) is 0 Å². The van der Waals surface area contributed by atoms with Crippen LogP contribution in [0.15, 0.2) is 24.3 Å². The minimum Gasteiger partial charge on any atom is -1.00 e. The van der Waals surface area contributed by atoms with Gasteiger partial charge < -0.3 is 12.4 Å². The molecule has 1 aromatic carbocycles. The molecule has 0 N–H and O–H groups in total. The number of hydrogen-bond donors (Lipinski definition) is 0. The molecule has 0 unspecified atom stereocenters. The van der Waals surface area contributed by atoms with Crippen molar-refractivity contribution in [1.82, 2.24) is 7.96 Å². The maximum atomic E-state index is 8.60. The third kappa shape index (κ3) is 2.51. The zero-order valence-corrected chi connectivity index (χ0v) is 11.0. The zero-order valence-electron chi connectivity index (χ0n) is 6.85. The van der Waals surface area contributed by atoms with Gasteiger partial charge in [0.05, 0.1) is 0 Å². The second kappa shape index (κ2) is 5.40. The fourth-order valence-corrected chi connectivity index (χ4v) is 4.50. The summed E-state index contributed by atoms with van der Waals surface area (Å²) in [5.74, 6) is 0.865. The molecule has 1 heterocycles. The first-order valence-electron chi connectivity index (χ1n) is 3.52. The standard InChI is InChI=1S/C8H4N3Se2.ClH/c9-5-6-1-3-7(4-2-6)8-10-12-13-11-8;/h1-4H;1H/q+1;/p-1.